The van der Waals surface area contributed by atoms with Crippen molar-refractivity contribution in [2.75, 3.05) is 10.8 Å². The van der Waals surface area contributed by atoms with E-state index >= 15 is 0 Å². The van der Waals surface area contributed by atoms with Gasteiger partial charge in [-0.3, -0.25) is 9.78 Å². The molecular weight excluding hydrogens is 464 g/mol. The van der Waals surface area contributed by atoms with Gasteiger partial charge < -0.3 is 15.2 Å². The van der Waals surface area contributed by atoms with Crippen molar-refractivity contribution >= 4 is 52.0 Å². The summed E-state index contributed by atoms with van der Waals surface area (Å²) in [6.45, 7) is 0.667. The van der Waals surface area contributed by atoms with Crippen LogP contribution in [-0.2, 0) is 17.8 Å². The number of fused-ring (bicyclic) bond motifs is 1. The van der Waals surface area contributed by atoms with Crippen LogP contribution in [0.15, 0.2) is 77.2 Å². The number of aromatic nitrogens is 1. The molecule has 0 spiro atoms. The second-order valence-electron chi connectivity index (χ2n) is 7.28. The zero-order chi connectivity index (χ0) is 22.1. The zero-order valence-corrected chi connectivity index (χ0v) is 19.2. The first-order valence-electron chi connectivity index (χ1n) is 10.0. The number of rotatable bonds is 5. The fourth-order valence-electron chi connectivity index (χ4n) is 3.64. The number of thioether (sulfide) groups is 1. The Bertz CT molecular complexity index is 1170. The van der Waals surface area contributed by atoms with Crippen LogP contribution in [0.4, 0.5) is 5.69 Å². The molecule has 1 aromatic heterocycles. The summed E-state index contributed by atoms with van der Waals surface area (Å²) >= 11 is 6.20. The maximum atomic E-state index is 13.1. The molecule has 9 heteroatoms. The summed E-state index contributed by atoms with van der Waals surface area (Å²) in [5, 5.41) is 8.83. The third-order valence-electron chi connectivity index (χ3n) is 5.22. The Morgan fingerprint density at radius 3 is 2.84 bits per heavy atom. The largest absolute Gasteiger partial charge is 0.588 e. The molecular formula is C23H19ClN4O2S2. The molecule has 0 radical (unpaired) electrons. The molecule has 2 unspecified atom stereocenters. The van der Waals surface area contributed by atoms with Gasteiger partial charge in [0.25, 0.3) is 5.91 Å². The number of carbonyl (C=O) groups excluding carboxylic acids is 1. The number of amides is 1. The van der Waals surface area contributed by atoms with Gasteiger partial charge >= 0.3 is 0 Å². The molecule has 3 aromatic rings. The predicted molar refractivity (Wildman–Crippen MR) is 130 cm³/mol. The SMILES string of the molecule is O=C(NC1NC(c2ccccn2)=CS1)c1ccc([S+]([O-])N2CCc3cc(Cl)ccc32)cc1. The molecule has 2 atom stereocenters. The van der Waals surface area contributed by atoms with Gasteiger partial charge in [-0.15, -0.1) is 0 Å². The molecule has 2 aromatic carbocycles. The molecule has 32 heavy (non-hydrogen) atoms. The Kier molecular flexibility index (Phi) is 6.01. The maximum Gasteiger partial charge on any atom is 0.253 e. The average molecular weight is 483 g/mol. The number of carbonyl (C=O) groups is 1. The molecule has 0 bridgehead atoms. The van der Waals surface area contributed by atoms with Crippen LogP contribution in [0.2, 0.25) is 5.02 Å². The Hall–Kier alpha value is -2.65. The van der Waals surface area contributed by atoms with E-state index in [0.717, 1.165) is 29.1 Å². The minimum Gasteiger partial charge on any atom is -0.588 e. The van der Waals surface area contributed by atoms with E-state index in [0.29, 0.717) is 22.0 Å². The summed E-state index contributed by atoms with van der Waals surface area (Å²) in [7, 11) is 0. The van der Waals surface area contributed by atoms with Crippen LogP contribution in [0.25, 0.3) is 5.70 Å². The fourth-order valence-corrected chi connectivity index (χ4v) is 5.90. The molecule has 0 fully saturated rings. The van der Waals surface area contributed by atoms with Crippen molar-refractivity contribution < 1.29 is 9.35 Å². The van der Waals surface area contributed by atoms with Crippen molar-refractivity contribution in [2.45, 2.75) is 16.8 Å². The van der Waals surface area contributed by atoms with Crippen molar-refractivity contribution in [3.8, 4) is 0 Å². The lowest BCUT2D eigenvalue weighted by Gasteiger charge is -2.22. The molecule has 6 nitrogen and oxygen atoms in total. The lowest BCUT2D eigenvalue weighted by molar-refractivity contribution is 0.0948. The zero-order valence-electron chi connectivity index (χ0n) is 16.8. The number of anilines is 1. The molecule has 0 saturated carbocycles. The van der Waals surface area contributed by atoms with Crippen molar-refractivity contribution in [3.05, 3.63) is 94.1 Å². The van der Waals surface area contributed by atoms with Gasteiger partial charge in [0.2, 0.25) is 0 Å². The predicted octanol–water partition coefficient (Wildman–Crippen LogP) is 4.17. The van der Waals surface area contributed by atoms with Crippen LogP contribution < -0.4 is 14.9 Å². The van der Waals surface area contributed by atoms with Gasteiger partial charge in [0, 0.05) is 22.2 Å². The highest BCUT2D eigenvalue weighted by atomic mass is 35.5. The second-order valence-corrected chi connectivity index (χ2v) is 10.1. The van der Waals surface area contributed by atoms with Gasteiger partial charge in [0.15, 0.2) is 10.4 Å². The van der Waals surface area contributed by atoms with Crippen LogP contribution >= 0.6 is 23.4 Å². The van der Waals surface area contributed by atoms with E-state index in [1.165, 1.54) is 11.8 Å². The monoisotopic (exact) mass is 482 g/mol. The summed E-state index contributed by atoms with van der Waals surface area (Å²) in [5.41, 5.74) is 3.97. The van der Waals surface area contributed by atoms with Crippen molar-refractivity contribution in [1.82, 2.24) is 15.6 Å². The number of benzene rings is 2. The Morgan fingerprint density at radius 2 is 2.06 bits per heavy atom. The molecule has 0 aliphatic carbocycles. The molecule has 2 N–H and O–H groups in total. The fraction of sp³-hybridized carbons (Fsp3) is 0.130. The van der Waals surface area contributed by atoms with E-state index in [9.17, 15) is 9.35 Å². The van der Waals surface area contributed by atoms with E-state index in [-0.39, 0.29) is 11.4 Å². The Morgan fingerprint density at radius 1 is 1.22 bits per heavy atom. The van der Waals surface area contributed by atoms with Crippen molar-refractivity contribution in [3.63, 3.8) is 0 Å². The molecule has 2 aliphatic rings. The molecule has 0 saturated heterocycles. The number of hydrogen-bond donors (Lipinski definition) is 2. The normalized spacial score (nSPS) is 18.0. The van der Waals surface area contributed by atoms with Crippen molar-refractivity contribution in [1.29, 1.82) is 0 Å². The molecule has 2 aliphatic heterocycles. The number of nitrogens with zero attached hydrogens (tertiary/aromatic N) is 2. The molecule has 5 rings (SSSR count). The highest BCUT2D eigenvalue weighted by Crippen LogP contribution is 2.34. The van der Waals surface area contributed by atoms with E-state index in [2.05, 4.69) is 15.6 Å². The maximum absolute atomic E-state index is 13.1. The van der Waals surface area contributed by atoms with Gasteiger partial charge in [0.1, 0.15) is 11.4 Å². The first kappa shape index (κ1) is 21.2. The molecule has 162 valence electrons. The standard InChI is InChI=1S/C23H19ClN4O2S2/c24-17-6-9-21-16(13-17)10-12-28(21)32(30)18-7-4-15(5-8-18)22(29)27-23-26-20(14-31-23)19-3-1-2-11-25-19/h1-9,11,13-14,23,26H,10,12H2,(H,27,29). The number of pyridine rings is 1. The van der Waals surface area contributed by atoms with E-state index in [4.69, 9.17) is 11.6 Å². The third-order valence-corrected chi connectivity index (χ3v) is 7.79. The quantitative estimate of drug-likeness (QED) is 0.531. The first-order valence-corrected chi connectivity index (χ1v) is 12.4. The first-order chi connectivity index (χ1) is 15.6. The molecule has 1 amide bonds. The van der Waals surface area contributed by atoms with Crippen LogP contribution in [0, 0.1) is 0 Å². The topological polar surface area (TPSA) is 80.3 Å². The summed E-state index contributed by atoms with van der Waals surface area (Å²) in [5.74, 6) is -0.204. The van der Waals surface area contributed by atoms with Gasteiger partial charge in [-0.25, -0.2) is 0 Å². The summed E-state index contributed by atoms with van der Waals surface area (Å²) < 4.78 is 15.0. The van der Waals surface area contributed by atoms with Gasteiger partial charge in [-0.1, -0.05) is 29.4 Å². The number of hydrogen-bond acceptors (Lipinski definition) is 6. The van der Waals surface area contributed by atoms with Crippen LogP contribution in [-0.4, -0.2) is 27.5 Å². The highest BCUT2D eigenvalue weighted by Gasteiger charge is 2.30. The van der Waals surface area contributed by atoms with E-state index < -0.39 is 11.4 Å². The average Bonchev–Trinajstić information content (AvgIpc) is 3.46. The number of halogens is 1. The number of nitrogens with one attached hydrogen (secondary N) is 2. The lowest BCUT2D eigenvalue weighted by Crippen LogP contribution is -2.39. The van der Waals surface area contributed by atoms with Gasteiger partial charge in [-0.2, -0.15) is 4.31 Å². The highest BCUT2D eigenvalue weighted by molar-refractivity contribution is 8.03. The third kappa shape index (κ3) is 4.31. The summed E-state index contributed by atoms with van der Waals surface area (Å²) in [6, 6.07) is 18.2. The molecule has 3 heterocycles. The minimum absolute atomic E-state index is 0.204. The van der Waals surface area contributed by atoms with Gasteiger partial charge in [0.05, 0.1) is 23.6 Å². The smallest absolute Gasteiger partial charge is 0.253 e. The second kappa shape index (κ2) is 9.07. The van der Waals surface area contributed by atoms with Crippen LogP contribution in [0.1, 0.15) is 21.6 Å². The Balaban J connectivity index is 1.21. The van der Waals surface area contributed by atoms with Crippen molar-refractivity contribution in [2.24, 2.45) is 0 Å². The van der Waals surface area contributed by atoms with Crippen LogP contribution in [0.3, 0.4) is 0 Å². The Labute approximate surface area is 198 Å². The summed E-state index contributed by atoms with van der Waals surface area (Å²) in [4.78, 5) is 17.6. The minimum atomic E-state index is -1.35. The van der Waals surface area contributed by atoms with Crippen LogP contribution in [0.5, 0.6) is 0 Å². The van der Waals surface area contributed by atoms with E-state index in [1.54, 1.807) is 30.5 Å². The lowest BCUT2D eigenvalue weighted by atomic mass is 10.2. The summed E-state index contributed by atoms with van der Waals surface area (Å²) in [6.07, 6.45) is 2.54. The van der Waals surface area contributed by atoms with Gasteiger partial charge in [-0.05, 0) is 66.6 Å². The van der Waals surface area contributed by atoms with E-state index in [1.807, 2.05) is 46.1 Å².